The highest BCUT2D eigenvalue weighted by molar-refractivity contribution is 5.69. The van der Waals surface area contributed by atoms with E-state index in [0.29, 0.717) is 0 Å². The van der Waals surface area contributed by atoms with Gasteiger partial charge < -0.3 is 10.1 Å². The molecular formula is C18H19NO2. The minimum absolute atomic E-state index is 0.501. The minimum atomic E-state index is -1.00. The zero-order valence-electron chi connectivity index (χ0n) is 12.3. The van der Waals surface area contributed by atoms with Crippen LogP contribution in [0.1, 0.15) is 16.7 Å². The summed E-state index contributed by atoms with van der Waals surface area (Å²) < 4.78 is 5.68. The van der Waals surface area contributed by atoms with Gasteiger partial charge in [0, 0.05) is 18.2 Å². The van der Waals surface area contributed by atoms with Crippen molar-refractivity contribution in [3.63, 3.8) is 0 Å². The molecule has 2 rings (SSSR count). The topological polar surface area (TPSA) is 38.3 Å². The second-order valence-corrected chi connectivity index (χ2v) is 4.81. The summed E-state index contributed by atoms with van der Waals surface area (Å²) in [5.41, 5.74) is 1.85. The van der Waals surface area contributed by atoms with E-state index >= 15 is 0 Å². The van der Waals surface area contributed by atoms with Crippen molar-refractivity contribution in [1.29, 1.82) is 0 Å². The summed E-state index contributed by atoms with van der Waals surface area (Å²) in [6, 6.07) is 17.5. The summed E-state index contributed by atoms with van der Waals surface area (Å²) in [7, 11) is 1.54. The molecule has 1 atom stereocenters. The van der Waals surface area contributed by atoms with Crippen molar-refractivity contribution in [2.24, 2.45) is 0 Å². The zero-order valence-corrected chi connectivity index (χ0v) is 12.3. The maximum absolute atomic E-state index is 11.8. The summed E-state index contributed by atoms with van der Waals surface area (Å²) >= 11 is 0. The summed E-state index contributed by atoms with van der Waals surface area (Å²) in [4.78, 5) is 11.8. The fourth-order valence-electron chi connectivity index (χ4n) is 2.25. The van der Waals surface area contributed by atoms with Gasteiger partial charge in [-0.2, -0.15) is 0 Å². The molecule has 3 nitrogen and oxygen atoms in total. The summed E-state index contributed by atoms with van der Waals surface area (Å²) in [5, 5.41) is 2.50. The molecule has 1 unspecified atom stereocenters. The predicted molar refractivity (Wildman–Crippen MR) is 84.1 cm³/mol. The van der Waals surface area contributed by atoms with E-state index < -0.39 is 11.7 Å². The number of aryl methyl sites for hydroxylation is 1. The lowest BCUT2D eigenvalue weighted by molar-refractivity contribution is 0.0738. The lowest BCUT2D eigenvalue weighted by atomic mass is 9.86. The average molecular weight is 281 g/mol. The molecule has 0 aromatic heterocycles. The van der Waals surface area contributed by atoms with Crippen LogP contribution in [0.25, 0.3) is 0 Å². The highest BCUT2D eigenvalue weighted by Crippen LogP contribution is 2.35. The Labute approximate surface area is 125 Å². The SMILES string of the molecule is C=CC(OC(=O)NC)(c1ccccc1)c1ccc(C)cc1. The lowest BCUT2D eigenvalue weighted by Crippen LogP contribution is -2.35. The fraction of sp³-hybridized carbons (Fsp3) is 0.167. The van der Waals surface area contributed by atoms with Gasteiger partial charge in [-0.25, -0.2) is 4.79 Å². The number of ether oxygens (including phenoxy) is 1. The van der Waals surface area contributed by atoms with E-state index in [2.05, 4.69) is 11.9 Å². The monoisotopic (exact) mass is 281 g/mol. The molecule has 108 valence electrons. The molecule has 2 aromatic rings. The van der Waals surface area contributed by atoms with E-state index in [1.165, 1.54) is 7.05 Å². The highest BCUT2D eigenvalue weighted by atomic mass is 16.6. The summed E-state index contributed by atoms with van der Waals surface area (Å²) in [6.45, 7) is 5.91. The molecule has 21 heavy (non-hydrogen) atoms. The van der Waals surface area contributed by atoms with E-state index in [0.717, 1.165) is 16.7 Å². The van der Waals surface area contributed by atoms with Crippen molar-refractivity contribution in [2.45, 2.75) is 12.5 Å². The van der Waals surface area contributed by atoms with Gasteiger partial charge in [0.05, 0.1) is 0 Å². The second kappa shape index (κ2) is 6.27. The van der Waals surface area contributed by atoms with Gasteiger partial charge in [-0.1, -0.05) is 66.7 Å². The molecule has 0 saturated heterocycles. The molecule has 1 N–H and O–H groups in total. The van der Waals surface area contributed by atoms with Crippen LogP contribution in [-0.2, 0) is 10.3 Å². The van der Waals surface area contributed by atoms with Crippen molar-refractivity contribution in [1.82, 2.24) is 5.32 Å². The maximum atomic E-state index is 11.8. The molecule has 2 aromatic carbocycles. The van der Waals surface area contributed by atoms with Crippen LogP contribution >= 0.6 is 0 Å². The van der Waals surface area contributed by atoms with Crippen LogP contribution in [0.4, 0.5) is 4.79 Å². The Bertz CT molecular complexity index is 619. The Balaban J connectivity index is 2.59. The third-order valence-corrected chi connectivity index (χ3v) is 3.43. The third-order valence-electron chi connectivity index (χ3n) is 3.43. The molecule has 0 heterocycles. The normalized spacial score (nSPS) is 13.0. The molecule has 0 fully saturated rings. The van der Waals surface area contributed by atoms with Gasteiger partial charge in [-0.05, 0) is 13.0 Å². The standard InChI is InChI=1S/C18H19NO2/c1-4-18(21-17(20)19-3,15-8-6-5-7-9-15)16-12-10-14(2)11-13-16/h4-13H,1H2,2-3H3,(H,19,20). The fourth-order valence-corrected chi connectivity index (χ4v) is 2.25. The van der Waals surface area contributed by atoms with Gasteiger partial charge in [-0.15, -0.1) is 0 Å². The highest BCUT2D eigenvalue weighted by Gasteiger charge is 2.35. The number of nitrogens with one attached hydrogen (secondary N) is 1. The van der Waals surface area contributed by atoms with Crippen molar-refractivity contribution in [3.05, 3.63) is 83.9 Å². The van der Waals surface area contributed by atoms with E-state index in [9.17, 15) is 4.79 Å². The lowest BCUT2D eigenvalue weighted by Gasteiger charge is -2.31. The van der Waals surface area contributed by atoms with E-state index in [1.807, 2.05) is 61.5 Å². The molecule has 0 aliphatic carbocycles. The van der Waals surface area contributed by atoms with Crippen LogP contribution in [0.3, 0.4) is 0 Å². The predicted octanol–water partition coefficient (Wildman–Crippen LogP) is 3.78. The molecule has 0 bridgehead atoms. The smallest absolute Gasteiger partial charge is 0.408 e. The third kappa shape index (κ3) is 2.97. The van der Waals surface area contributed by atoms with E-state index in [4.69, 9.17) is 4.74 Å². The summed E-state index contributed by atoms with van der Waals surface area (Å²) in [6.07, 6.45) is 1.15. The van der Waals surface area contributed by atoms with Gasteiger partial charge in [0.2, 0.25) is 0 Å². The first-order valence-electron chi connectivity index (χ1n) is 6.79. The number of rotatable bonds is 4. The molecular weight excluding hydrogens is 262 g/mol. The van der Waals surface area contributed by atoms with Crippen LogP contribution in [-0.4, -0.2) is 13.1 Å². The number of carbonyl (C=O) groups is 1. The number of hydrogen-bond donors (Lipinski definition) is 1. The number of amides is 1. The quantitative estimate of drug-likeness (QED) is 0.866. The van der Waals surface area contributed by atoms with Crippen molar-refractivity contribution < 1.29 is 9.53 Å². The minimum Gasteiger partial charge on any atom is -0.429 e. The van der Waals surface area contributed by atoms with Gasteiger partial charge in [0.15, 0.2) is 5.60 Å². The van der Waals surface area contributed by atoms with Gasteiger partial charge in [-0.3, -0.25) is 0 Å². The Hall–Kier alpha value is -2.55. The van der Waals surface area contributed by atoms with E-state index in [-0.39, 0.29) is 0 Å². The van der Waals surface area contributed by atoms with Crippen LogP contribution in [0.2, 0.25) is 0 Å². The molecule has 1 amide bonds. The Morgan fingerprint density at radius 2 is 1.67 bits per heavy atom. The van der Waals surface area contributed by atoms with Crippen LogP contribution in [0.15, 0.2) is 67.3 Å². The molecule has 0 spiro atoms. The van der Waals surface area contributed by atoms with Crippen molar-refractivity contribution in [3.8, 4) is 0 Å². The van der Waals surface area contributed by atoms with Gasteiger partial charge >= 0.3 is 6.09 Å². The van der Waals surface area contributed by atoms with Crippen molar-refractivity contribution >= 4 is 6.09 Å². The second-order valence-electron chi connectivity index (χ2n) is 4.81. The number of alkyl carbamates (subject to hydrolysis) is 1. The van der Waals surface area contributed by atoms with Crippen LogP contribution in [0.5, 0.6) is 0 Å². The number of hydrogen-bond acceptors (Lipinski definition) is 2. The number of carbonyl (C=O) groups excluding carboxylic acids is 1. The zero-order chi connectivity index (χ0) is 15.3. The largest absolute Gasteiger partial charge is 0.429 e. The number of benzene rings is 2. The summed E-state index contributed by atoms with van der Waals surface area (Å²) in [5.74, 6) is 0. The Kier molecular flexibility index (Phi) is 4.43. The van der Waals surface area contributed by atoms with Gasteiger partial charge in [0.1, 0.15) is 0 Å². The first-order valence-corrected chi connectivity index (χ1v) is 6.79. The maximum Gasteiger partial charge on any atom is 0.408 e. The molecule has 3 heteroatoms. The molecule has 0 aliphatic heterocycles. The van der Waals surface area contributed by atoms with Crippen LogP contribution < -0.4 is 5.32 Å². The molecule has 0 radical (unpaired) electrons. The first-order chi connectivity index (χ1) is 10.1. The molecule has 0 aliphatic rings. The van der Waals surface area contributed by atoms with Crippen molar-refractivity contribution in [2.75, 3.05) is 7.05 Å². The first kappa shape index (κ1) is 14.9. The Morgan fingerprint density at radius 1 is 1.10 bits per heavy atom. The molecule has 0 saturated carbocycles. The van der Waals surface area contributed by atoms with Gasteiger partial charge in [0.25, 0.3) is 0 Å². The Morgan fingerprint density at radius 3 is 2.19 bits per heavy atom. The average Bonchev–Trinajstić information content (AvgIpc) is 2.54. The van der Waals surface area contributed by atoms with E-state index in [1.54, 1.807) is 6.08 Å². The van der Waals surface area contributed by atoms with Crippen LogP contribution in [0, 0.1) is 6.92 Å².